The van der Waals surface area contributed by atoms with Crippen molar-refractivity contribution in [2.24, 2.45) is 0 Å². The minimum Gasteiger partial charge on any atom is -0.457 e. The van der Waals surface area contributed by atoms with Crippen LogP contribution in [0.2, 0.25) is 0 Å². The summed E-state index contributed by atoms with van der Waals surface area (Å²) in [4.78, 5) is 13.9. The number of hydrogen-bond donors (Lipinski definition) is 1. The van der Waals surface area contributed by atoms with Crippen LogP contribution in [0.1, 0.15) is 9.67 Å². The van der Waals surface area contributed by atoms with Crippen LogP contribution in [-0.4, -0.2) is 10.5 Å². The van der Waals surface area contributed by atoms with E-state index in [2.05, 4.69) is 17.4 Å². The molecule has 0 aliphatic rings. The second kappa shape index (κ2) is 8.96. The molecule has 4 nitrogen and oxygen atoms in total. The third kappa shape index (κ3) is 4.19. The van der Waals surface area contributed by atoms with E-state index < -0.39 is 0 Å². The molecule has 0 atom stereocenters. The highest BCUT2D eigenvalue weighted by molar-refractivity contribution is 7.13. The summed E-state index contributed by atoms with van der Waals surface area (Å²) in [6.45, 7) is 0. The van der Waals surface area contributed by atoms with Crippen LogP contribution >= 0.6 is 11.3 Å². The van der Waals surface area contributed by atoms with Crippen molar-refractivity contribution in [1.82, 2.24) is 4.57 Å². The second-order valence-electron chi connectivity index (χ2n) is 7.18. The van der Waals surface area contributed by atoms with Crippen molar-refractivity contribution in [2.75, 3.05) is 5.32 Å². The van der Waals surface area contributed by atoms with Crippen LogP contribution in [0.15, 0.2) is 115 Å². The minimum atomic E-state index is -0.141. The van der Waals surface area contributed by atoms with Gasteiger partial charge in [0.15, 0.2) is 0 Å². The predicted octanol–water partition coefficient (Wildman–Crippen LogP) is 7.25. The summed E-state index contributed by atoms with van der Waals surface area (Å²) < 4.78 is 7.82. The Kier molecular flexibility index (Phi) is 5.56. The molecule has 156 valence electrons. The molecule has 0 aliphatic heterocycles. The third-order valence-corrected chi connectivity index (χ3v) is 5.98. The molecule has 0 fully saturated rings. The van der Waals surface area contributed by atoms with E-state index in [0.29, 0.717) is 16.3 Å². The zero-order valence-corrected chi connectivity index (χ0v) is 18.0. The third-order valence-electron chi connectivity index (χ3n) is 5.01. The number of rotatable bonds is 6. The van der Waals surface area contributed by atoms with Crippen molar-refractivity contribution in [2.45, 2.75) is 0 Å². The number of amides is 1. The molecule has 5 aromatic rings. The summed E-state index contributed by atoms with van der Waals surface area (Å²) in [7, 11) is 0. The van der Waals surface area contributed by atoms with E-state index in [0.717, 1.165) is 22.6 Å². The van der Waals surface area contributed by atoms with E-state index in [4.69, 9.17) is 4.74 Å². The van der Waals surface area contributed by atoms with Gasteiger partial charge in [-0.2, -0.15) is 0 Å². The zero-order valence-electron chi connectivity index (χ0n) is 17.1. The summed E-state index contributed by atoms with van der Waals surface area (Å²) in [5.74, 6) is 1.34. The number of carbonyl (C=O) groups is 1. The molecule has 0 saturated heterocycles. The highest BCUT2D eigenvalue weighted by Crippen LogP contribution is 2.35. The van der Waals surface area contributed by atoms with E-state index >= 15 is 0 Å². The van der Waals surface area contributed by atoms with Gasteiger partial charge in [-0.25, -0.2) is 0 Å². The van der Waals surface area contributed by atoms with Gasteiger partial charge >= 0.3 is 0 Å². The molecule has 0 radical (unpaired) electrons. The number of hydrogen-bond acceptors (Lipinski definition) is 3. The second-order valence-corrected chi connectivity index (χ2v) is 8.06. The van der Waals surface area contributed by atoms with Crippen molar-refractivity contribution in [3.05, 3.63) is 120 Å². The Labute approximate surface area is 190 Å². The summed E-state index contributed by atoms with van der Waals surface area (Å²) >= 11 is 1.44. The average molecular weight is 437 g/mol. The Bertz CT molecular complexity index is 1310. The lowest BCUT2D eigenvalue weighted by atomic mass is 10.1. The Balaban J connectivity index is 1.40. The zero-order chi connectivity index (χ0) is 21.8. The van der Waals surface area contributed by atoms with Gasteiger partial charge in [-0.05, 0) is 54.1 Å². The number of aromatic nitrogens is 1. The number of benzene rings is 3. The molecule has 3 aromatic carbocycles. The molecule has 1 amide bonds. The van der Waals surface area contributed by atoms with Gasteiger partial charge in [0.25, 0.3) is 5.91 Å². The van der Waals surface area contributed by atoms with E-state index in [1.54, 1.807) is 0 Å². The fraction of sp³-hybridized carbons (Fsp3) is 0. The van der Waals surface area contributed by atoms with E-state index in [1.807, 2.05) is 107 Å². The highest BCUT2D eigenvalue weighted by atomic mass is 32.1. The monoisotopic (exact) mass is 436 g/mol. The van der Waals surface area contributed by atoms with E-state index in [-0.39, 0.29) is 5.91 Å². The lowest BCUT2D eigenvalue weighted by Crippen LogP contribution is -2.12. The maximum Gasteiger partial charge on any atom is 0.267 e. The van der Waals surface area contributed by atoms with E-state index in [1.165, 1.54) is 11.3 Å². The first-order valence-electron chi connectivity index (χ1n) is 10.2. The molecule has 0 aliphatic carbocycles. The molecule has 32 heavy (non-hydrogen) atoms. The predicted molar refractivity (Wildman–Crippen MR) is 130 cm³/mol. The largest absolute Gasteiger partial charge is 0.457 e. The average Bonchev–Trinajstić information content (AvgIpc) is 3.51. The molecule has 5 rings (SSSR count). The molecule has 0 spiro atoms. The lowest BCUT2D eigenvalue weighted by molar-refractivity contribution is 0.103. The van der Waals surface area contributed by atoms with Crippen LogP contribution in [0.4, 0.5) is 5.69 Å². The summed E-state index contributed by atoms with van der Waals surface area (Å²) in [6.07, 6.45) is 3.92. The highest BCUT2D eigenvalue weighted by Gasteiger charge is 2.20. The van der Waals surface area contributed by atoms with Crippen molar-refractivity contribution in [1.29, 1.82) is 0 Å². The first kappa shape index (κ1) is 19.8. The van der Waals surface area contributed by atoms with Crippen molar-refractivity contribution in [3.63, 3.8) is 0 Å². The summed E-state index contributed by atoms with van der Waals surface area (Å²) in [5.41, 5.74) is 3.70. The fourth-order valence-corrected chi connectivity index (χ4v) is 4.46. The Morgan fingerprint density at radius 1 is 0.750 bits per heavy atom. The molecular weight excluding hydrogens is 416 g/mol. The maximum absolute atomic E-state index is 13.2. The number of nitrogens with zero attached hydrogens (tertiary/aromatic N) is 1. The number of ether oxygens (including phenoxy) is 1. The van der Waals surface area contributed by atoms with Gasteiger partial charge in [0.2, 0.25) is 0 Å². The van der Waals surface area contributed by atoms with Crippen molar-refractivity contribution >= 4 is 22.9 Å². The number of thiophene rings is 1. The van der Waals surface area contributed by atoms with Crippen molar-refractivity contribution in [3.8, 4) is 28.3 Å². The maximum atomic E-state index is 13.2. The molecule has 0 saturated carbocycles. The van der Waals surface area contributed by atoms with Crippen LogP contribution in [0, 0.1) is 0 Å². The molecular formula is C27H20N2O2S. The van der Waals surface area contributed by atoms with Crippen LogP contribution in [-0.2, 0) is 0 Å². The quantitative estimate of drug-likeness (QED) is 0.305. The van der Waals surface area contributed by atoms with Crippen LogP contribution < -0.4 is 10.1 Å². The van der Waals surface area contributed by atoms with Gasteiger partial charge in [-0.1, -0.05) is 48.5 Å². The SMILES string of the molecule is O=C(Nc1ccc(Oc2ccccc2)cc1)c1scc(-c2ccccc2)c1-n1cccc1. The van der Waals surface area contributed by atoms with Gasteiger partial charge < -0.3 is 14.6 Å². The number of nitrogens with one attached hydrogen (secondary N) is 1. The first-order valence-corrected chi connectivity index (χ1v) is 11.1. The van der Waals surface area contributed by atoms with Gasteiger partial charge in [-0.3, -0.25) is 4.79 Å². The van der Waals surface area contributed by atoms with Crippen LogP contribution in [0.25, 0.3) is 16.8 Å². The first-order chi connectivity index (χ1) is 15.8. The summed E-state index contributed by atoms with van der Waals surface area (Å²) in [5, 5.41) is 5.06. The fourth-order valence-electron chi connectivity index (χ4n) is 3.49. The molecule has 2 aromatic heterocycles. The normalized spacial score (nSPS) is 10.6. The number of anilines is 1. The van der Waals surface area contributed by atoms with Gasteiger partial charge in [0.05, 0.1) is 5.69 Å². The molecule has 1 N–H and O–H groups in total. The number of para-hydroxylation sites is 1. The van der Waals surface area contributed by atoms with Gasteiger partial charge in [-0.15, -0.1) is 11.3 Å². The molecule has 5 heteroatoms. The molecule has 0 bridgehead atoms. The van der Waals surface area contributed by atoms with E-state index in [9.17, 15) is 4.79 Å². The minimum absolute atomic E-state index is 0.141. The van der Waals surface area contributed by atoms with Crippen LogP contribution in [0.3, 0.4) is 0 Å². The topological polar surface area (TPSA) is 43.3 Å². The standard InChI is InChI=1S/C27H20N2O2S/c30-27(28-21-13-15-23(16-14-21)31-22-11-5-2-6-12-22)26-25(29-17-7-8-18-29)24(19-32-26)20-9-3-1-4-10-20/h1-19H,(H,28,30). The lowest BCUT2D eigenvalue weighted by Gasteiger charge is -2.11. The van der Waals surface area contributed by atoms with Gasteiger partial charge in [0.1, 0.15) is 16.4 Å². The molecule has 0 unspecified atom stereocenters. The summed E-state index contributed by atoms with van der Waals surface area (Å²) in [6, 6.07) is 31.0. The van der Waals surface area contributed by atoms with Crippen LogP contribution in [0.5, 0.6) is 11.5 Å². The molecule has 2 heterocycles. The number of carbonyl (C=O) groups excluding carboxylic acids is 1. The Morgan fingerprint density at radius 3 is 2.06 bits per heavy atom. The Morgan fingerprint density at radius 2 is 1.38 bits per heavy atom. The van der Waals surface area contributed by atoms with Crippen molar-refractivity contribution < 1.29 is 9.53 Å². The smallest absolute Gasteiger partial charge is 0.267 e. The Hall–Kier alpha value is -4.09. The van der Waals surface area contributed by atoms with Gasteiger partial charge in [0, 0.05) is 29.0 Å².